The molecule has 0 saturated heterocycles. The topological polar surface area (TPSA) is 17.1 Å². The van der Waals surface area contributed by atoms with Crippen molar-refractivity contribution < 1.29 is 24.3 Å². The molecule has 0 aliphatic rings. The average Bonchev–Trinajstić information content (AvgIpc) is 3.34. The molecule has 9 aromatic carbocycles. The zero-order valence-corrected chi connectivity index (χ0v) is 37.5. The van der Waals surface area contributed by atoms with Gasteiger partial charge in [0.1, 0.15) is 0 Å². The Bertz CT molecular complexity index is 1890. The van der Waals surface area contributed by atoms with Gasteiger partial charge in [0, 0.05) is 19.5 Å². The van der Waals surface area contributed by atoms with Crippen molar-refractivity contribution in [3.05, 3.63) is 273 Å². The van der Waals surface area contributed by atoms with E-state index in [0.717, 1.165) is 0 Å². The van der Waals surface area contributed by atoms with Gasteiger partial charge >= 0.3 is 0 Å². The zero-order chi connectivity index (χ0) is 40.7. The first kappa shape index (κ1) is 45.6. The first-order valence-corrected chi connectivity index (χ1v) is 23.5. The van der Waals surface area contributed by atoms with Crippen molar-refractivity contribution in [2.45, 2.75) is 0 Å². The van der Waals surface area contributed by atoms with Crippen LogP contribution in [0.2, 0.25) is 0 Å². The number of carbonyl (C=O) groups excluding carboxylic acids is 1. The van der Waals surface area contributed by atoms with Crippen LogP contribution in [-0.4, -0.2) is 6.79 Å². The molecule has 9 aromatic rings. The van der Waals surface area contributed by atoms with Crippen LogP contribution in [0.3, 0.4) is 0 Å². The van der Waals surface area contributed by atoms with E-state index in [-0.39, 0.29) is 19.5 Å². The molecule has 9 rings (SSSR count). The average molecular weight is 919 g/mol. The monoisotopic (exact) mass is 918 g/mol. The van der Waals surface area contributed by atoms with Crippen LogP contribution in [0.15, 0.2) is 273 Å². The van der Waals surface area contributed by atoms with Crippen molar-refractivity contribution in [3.63, 3.8) is 0 Å². The van der Waals surface area contributed by atoms with Crippen molar-refractivity contribution in [2.75, 3.05) is 0 Å². The Hall–Kier alpha value is -5.44. The summed E-state index contributed by atoms with van der Waals surface area (Å²) in [5.41, 5.74) is 0. The fraction of sp³-hybridized carbons (Fsp3) is 0. The van der Waals surface area contributed by atoms with Crippen molar-refractivity contribution in [1.29, 1.82) is 0 Å². The Morgan fingerprint density at radius 1 is 0.183 bits per heavy atom. The second kappa shape index (κ2) is 25.9. The van der Waals surface area contributed by atoms with Crippen LogP contribution in [0.5, 0.6) is 0 Å². The van der Waals surface area contributed by atoms with Crippen LogP contribution in [-0.2, 0) is 24.3 Å². The first-order valence-electron chi connectivity index (χ1n) is 19.4. The third-order valence-corrected chi connectivity index (χ3v) is 16.5. The molecule has 60 heavy (non-hydrogen) atoms. The second-order valence-electron chi connectivity index (χ2n) is 13.0. The fourth-order valence-corrected chi connectivity index (χ4v) is 13.5. The van der Waals surface area contributed by atoms with Crippen molar-refractivity contribution in [2.24, 2.45) is 0 Å². The van der Waals surface area contributed by atoms with Gasteiger partial charge in [0.25, 0.3) is 0 Å². The maximum Gasteiger partial charge on any atom is 0.182 e. The predicted octanol–water partition coefficient (Wildman–Crippen LogP) is 10.1. The Balaban J connectivity index is 0.000000166. The van der Waals surface area contributed by atoms with Gasteiger partial charge in [-0.15, -0.1) is 0 Å². The molecule has 2 radical (unpaired) electrons. The minimum Gasteiger partial charge on any atom is -0.295 e. The molecule has 0 bridgehead atoms. The SMILES string of the molecule is [CH]=O.[Rh].c1ccc(P(c2ccccc2)c2ccccc2)cc1.c1ccc(P(c2ccccc2)c2ccccc2)cc1.c1ccc(P(c2ccccc2)c2ccccc2)cc1. The molecule has 1 nitrogen and oxygen atoms in total. The fourth-order valence-electron chi connectivity index (χ4n) is 6.54. The van der Waals surface area contributed by atoms with E-state index in [9.17, 15) is 0 Å². The van der Waals surface area contributed by atoms with E-state index in [0.29, 0.717) is 0 Å². The Kier molecular flexibility index (Phi) is 19.7. The zero-order valence-electron chi connectivity index (χ0n) is 33.1. The summed E-state index contributed by atoms with van der Waals surface area (Å²) >= 11 is 0. The number of rotatable bonds is 9. The summed E-state index contributed by atoms with van der Waals surface area (Å²) in [7, 11) is -1.34. The van der Waals surface area contributed by atoms with E-state index in [2.05, 4.69) is 280 Å². The van der Waals surface area contributed by atoms with Gasteiger partial charge in [-0.05, 0) is 71.5 Å². The van der Waals surface area contributed by atoms with Gasteiger partial charge < -0.3 is 0 Å². The van der Waals surface area contributed by atoms with Crippen LogP contribution in [0.25, 0.3) is 0 Å². The van der Waals surface area contributed by atoms with E-state index in [1.165, 1.54) is 47.7 Å². The van der Waals surface area contributed by atoms with Crippen molar-refractivity contribution >= 4 is 78.3 Å². The summed E-state index contributed by atoms with van der Waals surface area (Å²) in [5.74, 6) is 0. The largest absolute Gasteiger partial charge is 0.295 e. The molecule has 0 amide bonds. The third kappa shape index (κ3) is 13.3. The van der Waals surface area contributed by atoms with Gasteiger partial charge in [-0.2, -0.15) is 0 Å². The maximum atomic E-state index is 7.75. The maximum absolute atomic E-state index is 7.75. The van der Waals surface area contributed by atoms with Gasteiger partial charge in [0.15, 0.2) is 6.79 Å². The standard InChI is InChI=1S/3C18H15P.CHO.Rh/c3*1-4-10-16(11-5-1)19(17-12-6-2-7-13-17)18-14-8-3-9-15-18;1-2;/h3*1-15H;1H;. The Morgan fingerprint density at radius 2 is 0.267 bits per heavy atom. The molecule has 5 heteroatoms. The molecule has 0 spiro atoms. The molecule has 0 aliphatic heterocycles. The van der Waals surface area contributed by atoms with E-state index in [4.69, 9.17) is 4.79 Å². The van der Waals surface area contributed by atoms with Crippen molar-refractivity contribution in [3.8, 4) is 0 Å². The summed E-state index contributed by atoms with van der Waals surface area (Å²) in [6, 6.07) is 97.0. The van der Waals surface area contributed by atoms with Gasteiger partial charge in [-0.25, -0.2) is 0 Å². The van der Waals surface area contributed by atoms with E-state index < -0.39 is 23.8 Å². The first-order chi connectivity index (χ1) is 29.3. The Morgan fingerprint density at radius 3 is 0.350 bits per heavy atom. The smallest absolute Gasteiger partial charge is 0.182 e. The van der Waals surface area contributed by atoms with Gasteiger partial charge in [0.05, 0.1) is 0 Å². The molecule has 0 atom stereocenters. The quantitative estimate of drug-likeness (QED) is 0.0801. The molecule has 0 unspecified atom stereocenters. The molecular formula is C55H46OP3Rh. The minimum absolute atomic E-state index is 0. The minimum atomic E-state index is -0.446. The van der Waals surface area contributed by atoms with E-state index >= 15 is 0 Å². The Labute approximate surface area is 373 Å². The van der Waals surface area contributed by atoms with Crippen molar-refractivity contribution in [1.82, 2.24) is 0 Å². The molecule has 0 saturated carbocycles. The summed E-state index contributed by atoms with van der Waals surface area (Å²) < 4.78 is 0. The molecule has 0 fully saturated rings. The summed E-state index contributed by atoms with van der Waals surface area (Å²) in [5, 5.41) is 12.6. The second-order valence-corrected chi connectivity index (χ2v) is 19.7. The molecule has 0 N–H and O–H groups in total. The van der Waals surface area contributed by atoms with E-state index in [1.807, 2.05) is 0 Å². The third-order valence-electron chi connectivity index (χ3n) is 9.13. The number of benzene rings is 9. The van der Waals surface area contributed by atoms with Gasteiger partial charge in [0.2, 0.25) is 0 Å². The van der Waals surface area contributed by atoms with Crippen LogP contribution >= 0.6 is 23.8 Å². The number of hydrogen-bond donors (Lipinski definition) is 0. The molecule has 0 aromatic heterocycles. The molecular weight excluding hydrogens is 872 g/mol. The van der Waals surface area contributed by atoms with Gasteiger partial charge in [-0.1, -0.05) is 273 Å². The predicted molar refractivity (Wildman–Crippen MR) is 262 cm³/mol. The van der Waals surface area contributed by atoms with Crippen LogP contribution in [0, 0.1) is 0 Å². The molecule has 0 aliphatic carbocycles. The van der Waals surface area contributed by atoms with Crippen LogP contribution < -0.4 is 47.7 Å². The van der Waals surface area contributed by atoms with E-state index in [1.54, 1.807) is 0 Å². The molecule has 0 heterocycles. The summed E-state index contributed by atoms with van der Waals surface area (Å²) in [4.78, 5) is 7.75. The summed E-state index contributed by atoms with van der Waals surface area (Å²) in [6.07, 6.45) is 0. The van der Waals surface area contributed by atoms with Crippen LogP contribution in [0.1, 0.15) is 0 Å². The van der Waals surface area contributed by atoms with Crippen LogP contribution in [0.4, 0.5) is 0 Å². The molecule has 296 valence electrons. The van der Waals surface area contributed by atoms with Gasteiger partial charge in [-0.3, -0.25) is 4.79 Å². The number of hydrogen-bond acceptors (Lipinski definition) is 1. The normalized spacial score (nSPS) is 10.1. The summed E-state index contributed by atoms with van der Waals surface area (Å²) in [6.45, 7) is 3.25.